The number of ether oxygens (including phenoxy) is 1. The van der Waals surface area contributed by atoms with Gasteiger partial charge in [0.05, 0.1) is 19.0 Å². The molecule has 0 aliphatic rings. The van der Waals surface area contributed by atoms with Crippen LogP contribution < -0.4 is 10.5 Å². The Bertz CT molecular complexity index is 422. The molecule has 0 saturated heterocycles. The molecule has 0 fully saturated rings. The van der Waals surface area contributed by atoms with E-state index in [4.69, 9.17) is 10.5 Å². The van der Waals surface area contributed by atoms with Gasteiger partial charge in [0, 0.05) is 0 Å². The Morgan fingerprint density at radius 3 is 2.57 bits per heavy atom. The summed E-state index contributed by atoms with van der Waals surface area (Å²) in [6, 6.07) is 9.74. The van der Waals surface area contributed by atoms with Gasteiger partial charge in [-0.1, -0.05) is 18.2 Å². The second-order valence-corrected chi connectivity index (χ2v) is 2.86. The number of hydrogen-bond acceptors (Lipinski definition) is 3. The molecule has 1 aromatic heterocycles. The van der Waals surface area contributed by atoms with Crippen LogP contribution in [0.15, 0.2) is 36.5 Å². The average Bonchev–Trinajstić information content (AvgIpc) is 2.61. The molecule has 72 valence electrons. The van der Waals surface area contributed by atoms with Crippen molar-refractivity contribution in [2.24, 2.45) is 0 Å². The maximum atomic E-state index is 5.63. The molecule has 0 bridgehead atoms. The van der Waals surface area contributed by atoms with Crippen LogP contribution in [0.5, 0.6) is 5.75 Å². The summed E-state index contributed by atoms with van der Waals surface area (Å²) in [5, 5.41) is 4.12. The van der Waals surface area contributed by atoms with Crippen LogP contribution in [0.3, 0.4) is 0 Å². The molecule has 0 saturated carbocycles. The highest BCUT2D eigenvalue weighted by molar-refractivity contribution is 5.46. The Morgan fingerprint density at radius 2 is 2.00 bits per heavy atom. The monoisotopic (exact) mass is 189 g/mol. The molecule has 4 nitrogen and oxygen atoms in total. The largest absolute Gasteiger partial charge is 0.491 e. The number of nitrogens with two attached hydrogens (primary N) is 1. The smallest absolute Gasteiger partial charge is 0.188 e. The van der Waals surface area contributed by atoms with Crippen molar-refractivity contribution in [1.82, 2.24) is 9.78 Å². The van der Waals surface area contributed by atoms with E-state index in [1.807, 2.05) is 30.3 Å². The van der Waals surface area contributed by atoms with Crippen molar-refractivity contribution in [3.63, 3.8) is 0 Å². The summed E-state index contributed by atoms with van der Waals surface area (Å²) >= 11 is 0. The molecule has 0 spiro atoms. The Balaban J connectivity index is 2.43. The minimum Gasteiger partial charge on any atom is -0.491 e. The van der Waals surface area contributed by atoms with Crippen LogP contribution in [-0.4, -0.2) is 16.9 Å². The lowest BCUT2D eigenvalue weighted by molar-refractivity contribution is 0.416. The molecule has 0 radical (unpaired) electrons. The molecule has 1 heterocycles. The molecule has 2 N–H and O–H groups in total. The molecule has 0 atom stereocenters. The van der Waals surface area contributed by atoms with Gasteiger partial charge >= 0.3 is 0 Å². The maximum Gasteiger partial charge on any atom is 0.188 e. The van der Waals surface area contributed by atoms with Crippen molar-refractivity contribution in [3.05, 3.63) is 36.5 Å². The van der Waals surface area contributed by atoms with Gasteiger partial charge < -0.3 is 10.5 Å². The zero-order valence-corrected chi connectivity index (χ0v) is 7.84. The molecule has 1 aromatic carbocycles. The summed E-state index contributed by atoms with van der Waals surface area (Å²) in [4.78, 5) is 0. The lowest BCUT2D eigenvalue weighted by Crippen LogP contribution is -1.95. The van der Waals surface area contributed by atoms with Crippen LogP contribution in [0.25, 0.3) is 5.69 Å². The predicted molar refractivity (Wildman–Crippen MR) is 54.5 cm³/mol. The van der Waals surface area contributed by atoms with E-state index in [1.54, 1.807) is 18.0 Å². The van der Waals surface area contributed by atoms with Gasteiger partial charge in [0.2, 0.25) is 0 Å². The zero-order valence-electron chi connectivity index (χ0n) is 7.84. The topological polar surface area (TPSA) is 53.1 Å². The molecular formula is C10H11N3O. The van der Waals surface area contributed by atoms with Crippen LogP contribution in [0.4, 0.5) is 5.82 Å². The molecule has 0 amide bonds. The zero-order chi connectivity index (χ0) is 9.97. The summed E-state index contributed by atoms with van der Waals surface area (Å²) in [5.41, 5.74) is 6.59. The first kappa shape index (κ1) is 8.62. The summed E-state index contributed by atoms with van der Waals surface area (Å²) in [7, 11) is 1.57. The summed E-state index contributed by atoms with van der Waals surface area (Å²) in [6.07, 6.45) is 1.75. The molecule has 14 heavy (non-hydrogen) atoms. The SMILES string of the molecule is COc1cn(-c2ccccc2)nc1N. The van der Waals surface area contributed by atoms with Crippen LogP contribution in [0.2, 0.25) is 0 Å². The van der Waals surface area contributed by atoms with Gasteiger partial charge in [0.15, 0.2) is 11.6 Å². The van der Waals surface area contributed by atoms with Crippen molar-refractivity contribution in [3.8, 4) is 11.4 Å². The van der Waals surface area contributed by atoms with Crippen molar-refractivity contribution >= 4 is 5.82 Å². The first-order valence-corrected chi connectivity index (χ1v) is 4.26. The number of anilines is 1. The summed E-state index contributed by atoms with van der Waals surface area (Å²) in [6.45, 7) is 0. The number of methoxy groups -OCH3 is 1. The standard InChI is InChI=1S/C10H11N3O/c1-14-9-7-13(12-10(9)11)8-5-3-2-4-6-8/h2-7H,1H3,(H2,11,12). The Morgan fingerprint density at radius 1 is 1.29 bits per heavy atom. The lowest BCUT2D eigenvalue weighted by atomic mass is 10.3. The number of benzene rings is 1. The van der Waals surface area contributed by atoms with Crippen LogP contribution >= 0.6 is 0 Å². The van der Waals surface area contributed by atoms with Crippen molar-refractivity contribution < 1.29 is 4.74 Å². The number of hydrogen-bond donors (Lipinski definition) is 1. The normalized spacial score (nSPS) is 10.1. The molecule has 2 rings (SSSR count). The number of para-hydroxylation sites is 1. The average molecular weight is 189 g/mol. The van der Waals surface area contributed by atoms with Crippen molar-refractivity contribution in [1.29, 1.82) is 0 Å². The molecule has 0 aliphatic heterocycles. The third-order valence-electron chi connectivity index (χ3n) is 1.95. The minimum absolute atomic E-state index is 0.399. The van der Waals surface area contributed by atoms with Crippen molar-refractivity contribution in [2.45, 2.75) is 0 Å². The fourth-order valence-corrected chi connectivity index (χ4v) is 1.24. The third-order valence-corrected chi connectivity index (χ3v) is 1.95. The van der Waals surface area contributed by atoms with E-state index in [-0.39, 0.29) is 0 Å². The fourth-order valence-electron chi connectivity index (χ4n) is 1.24. The van der Waals surface area contributed by atoms with Crippen LogP contribution in [0, 0.1) is 0 Å². The highest BCUT2D eigenvalue weighted by atomic mass is 16.5. The Hall–Kier alpha value is -1.97. The quantitative estimate of drug-likeness (QED) is 0.778. The van der Waals surface area contributed by atoms with Crippen molar-refractivity contribution in [2.75, 3.05) is 12.8 Å². The summed E-state index contributed by atoms with van der Waals surface area (Å²) < 4.78 is 6.73. The fraction of sp³-hybridized carbons (Fsp3) is 0.100. The van der Waals surface area contributed by atoms with Gasteiger partial charge in [-0.3, -0.25) is 0 Å². The van der Waals surface area contributed by atoms with Crippen LogP contribution in [0.1, 0.15) is 0 Å². The highest BCUT2D eigenvalue weighted by Gasteiger charge is 2.05. The molecule has 4 heteroatoms. The van der Waals surface area contributed by atoms with E-state index in [1.165, 1.54) is 0 Å². The molecule has 0 unspecified atom stereocenters. The van der Waals surface area contributed by atoms with E-state index in [9.17, 15) is 0 Å². The Kier molecular flexibility index (Phi) is 2.10. The number of aromatic nitrogens is 2. The van der Waals surface area contributed by atoms with Gasteiger partial charge in [0.25, 0.3) is 0 Å². The second-order valence-electron chi connectivity index (χ2n) is 2.86. The lowest BCUT2D eigenvalue weighted by Gasteiger charge is -1.98. The molecule has 0 aliphatic carbocycles. The van der Waals surface area contributed by atoms with E-state index in [0.717, 1.165) is 5.69 Å². The number of rotatable bonds is 2. The second kappa shape index (κ2) is 3.41. The van der Waals surface area contributed by atoms with Gasteiger partial charge in [-0.25, -0.2) is 4.68 Å². The van der Waals surface area contributed by atoms with Gasteiger partial charge in [0.1, 0.15) is 0 Å². The molecular weight excluding hydrogens is 178 g/mol. The maximum absolute atomic E-state index is 5.63. The van der Waals surface area contributed by atoms with Gasteiger partial charge in [-0.05, 0) is 12.1 Å². The Labute approximate surface area is 81.9 Å². The first-order chi connectivity index (χ1) is 6.81. The van der Waals surface area contributed by atoms with Crippen LogP contribution in [-0.2, 0) is 0 Å². The van der Waals surface area contributed by atoms with E-state index in [0.29, 0.717) is 11.6 Å². The number of nitrogen functional groups attached to an aromatic ring is 1. The first-order valence-electron chi connectivity index (χ1n) is 4.26. The minimum atomic E-state index is 0.399. The van der Waals surface area contributed by atoms with E-state index < -0.39 is 0 Å². The van der Waals surface area contributed by atoms with E-state index >= 15 is 0 Å². The number of nitrogens with zero attached hydrogens (tertiary/aromatic N) is 2. The third kappa shape index (κ3) is 1.42. The predicted octanol–water partition coefficient (Wildman–Crippen LogP) is 1.46. The van der Waals surface area contributed by atoms with E-state index in [2.05, 4.69) is 5.10 Å². The highest BCUT2D eigenvalue weighted by Crippen LogP contribution is 2.20. The van der Waals surface area contributed by atoms with Gasteiger partial charge in [-0.15, -0.1) is 5.10 Å². The summed E-state index contributed by atoms with van der Waals surface area (Å²) in [5.74, 6) is 0.991. The molecule has 2 aromatic rings. The van der Waals surface area contributed by atoms with Gasteiger partial charge in [-0.2, -0.15) is 0 Å².